The topological polar surface area (TPSA) is 29.6 Å². The number of aromatic nitrogens is 6. The standard InChI is InChI=1S/C97H64N6/c1-61-25-21-43-78-81-50-49-80-75-39-12-19-47-88(75)102(96(80)97(81)103(94(61)78)70-33-9-4-10-34-70)73-37-24-28-64(58-73)67-54-65(62-26-22-35-71(56-62)100-86-45-17-14-41-77(86)84-59-91-83(60-92(84)100)76-40-13-16-44-85(76)99(91)69-31-7-3-8-32-69)53-66(55-67)63-27-23-36-72(57-63)101-87-46-18-11-38-74(87)79-51-52-90-93(95(79)101)82-42-15-20-48-89(82)98(90)68-29-5-2-6-30-68/h2-24,26-61H,25H2,1H3. The third kappa shape index (κ3) is 8.49. The lowest BCUT2D eigenvalue weighted by Crippen LogP contribution is -2.07. The largest absolute Gasteiger partial charge is 0.311 e. The zero-order valence-corrected chi connectivity index (χ0v) is 56.5. The van der Waals surface area contributed by atoms with E-state index in [1.165, 1.54) is 131 Å². The Morgan fingerprint density at radius 3 is 1.08 bits per heavy atom. The number of rotatable bonds is 9. The van der Waals surface area contributed by atoms with Crippen molar-refractivity contribution in [2.45, 2.75) is 19.3 Å². The summed E-state index contributed by atoms with van der Waals surface area (Å²) in [4.78, 5) is 0. The summed E-state index contributed by atoms with van der Waals surface area (Å²) in [7, 11) is 0. The van der Waals surface area contributed by atoms with Crippen LogP contribution in [0.25, 0.3) is 194 Å². The van der Waals surface area contributed by atoms with Crippen LogP contribution in [0.3, 0.4) is 0 Å². The average molecular weight is 1310 g/mol. The fourth-order valence-electron chi connectivity index (χ4n) is 17.9. The number of fused-ring (bicyclic) bond motifs is 20. The molecule has 0 radical (unpaired) electrons. The molecule has 482 valence electrons. The first kappa shape index (κ1) is 57.5. The van der Waals surface area contributed by atoms with Crippen LogP contribution in [0.2, 0.25) is 0 Å². The molecule has 1 atom stereocenters. The molecule has 6 aromatic heterocycles. The van der Waals surface area contributed by atoms with Gasteiger partial charge >= 0.3 is 0 Å². The quantitative estimate of drug-likeness (QED) is 0.138. The van der Waals surface area contributed by atoms with Gasteiger partial charge in [-0.25, -0.2) is 0 Å². The maximum Gasteiger partial charge on any atom is 0.0788 e. The summed E-state index contributed by atoms with van der Waals surface area (Å²) >= 11 is 0. The van der Waals surface area contributed by atoms with Gasteiger partial charge in [-0.3, -0.25) is 0 Å². The van der Waals surface area contributed by atoms with Gasteiger partial charge in [-0.1, -0.05) is 219 Å². The van der Waals surface area contributed by atoms with E-state index < -0.39 is 0 Å². The van der Waals surface area contributed by atoms with Gasteiger partial charge in [0.2, 0.25) is 0 Å². The lowest BCUT2D eigenvalue weighted by atomic mass is 9.92. The Morgan fingerprint density at radius 1 is 0.223 bits per heavy atom. The molecule has 6 heterocycles. The predicted molar refractivity (Wildman–Crippen MR) is 433 cm³/mol. The van der Waals surface area contributed by atoms with Crippen molar-refractivity contribution >= 4 is 126 Å². The van der Waals surface area contributed by atoms with Crippen LogP contribution in [-0.4, -0.2) is 27.4 Å². The Kier molecular flexibility index (Phi) is 12.4. The van der Waals surface area contributed by atoms with Crippen LogP contribution in [0.4, 0.5) is 0 Å². The van der Waals surface area contributed by atoms with Crippen LogP contribution in [0.15, 0.2) is 346 Å². The molecule has 1 aliphatic rings. The Morgan fingerprint density at radius 2 is 0.573 bits per heavy atom. The summed E-state index contributed by atoms with van der Waals surface area (Å²) in [6, 6.07) is 127. The molecule has 6 heteroatoms. The lowest BCUT2D eigenvalue weighted by molar-refractivity contribution is 0.724. The second-order valence-corrected chi connectivity index (χ2v) is 28.0. The summed E-state index contributed by atoms with van der Waals surface area (Å²) in [5.74, 6) is 0.338. The molecular formula is C97H64N6. The third-order valence-corrected chi connectivity index (χ3v) is 22.3. The molecule has 0 saturated carbocycles. The molecule has 22 rings (SSSR count). The monoisotopic (exact) mass is 1310 g/mol. The SMILES string of the molecule is CC1CC=Cc2c1n(-c1ccccc1)c1c2ccc2c3ccccc3n(-c3cccc(-c4cc(-c5cccc(-n6c7ccccc7c7cc8c(cc76)c6ccccc6n8-c6ccccc6)c5)cc(-c5cccc(-n6c7ccccc7c7ccc8c(c9ccccc9n8-c8ccccc8)c76)c5)c4)c3)c21. The van der Waals surface area contributed by atoms with Gasteiger partial charge < -0.3 is 27.4 Å². The first-order valence-electron chi connectivity index (χ1n) is 35.9. The van der Waals surface area contributed by atoms with E-state index in [-0.39, 0.29) is 0 Å². The molecule has 21 aromatic rings. The van der Waals surface area contributed by atoms with Gasteiger partial charge in [0.05, 0.1) is 60.7 Å². The van der Waals surface area contributed by atoms with Crippen LogP contribution in [0.5, 0.6) is 0 Å². The van der Waals surface area contributed by atoms with Crippen LogP contribution < -0.4 is 0 Å². The van der Waals surface area contributed by atoms with Gasteiger partial charge in [-0.2, -0.15) is 0 Å². The van der Waals surface area contributed by atoms with E-state index in [0.717, 1.165) is 73.8 Å². The molecule has 1 unspecified atom stereocenters. The summed E-state index contributed by atoms with van der Waals surface area (Å²) < 4.78 is 15.0. The molecule has 6 nitrogen and oxygen atoms in total. The minimum absolute atomic E-state index is 0.338. The van der Waals surface area contributed by atoms with E-state index in [4.69, 9.17) is 0 Å². The van der Waals surface area contributed by atoms with Crippen molar-refractivity contribution in [1.82, 2.24) is 27.4 Å². The molecule has 1 aliphatic carbocycles. The van der Waals surface area contributed by atoms with Crippen molar-refractivity contribution in [3.05, 3.63) is 357 Å². The Labute approximate surface area is 593 Å². The maximum atomic E-state index is 2.58. The summed E-state index contributed by atoms with van der Waals surface area (Å²) in [6.45, 7) is 2.38. The fraction of sp³-hybridized carbons (Fsp3) is 0.0309. The summed E-state index contributed by atoms with van der Waals surface area (Å²) in [5, 5.41) is 13.5. The lowest BCUT2D eigenvalue weighted by Gasteiger charge is -2.20. The predicted octanol–water partition coefficient (Wildman–Crippen LogP) is 25.6. The van der Waals surface area contributed by atoms with Crippen LogP contribution in [0, 0.1) is 0 Å². The molecule has 15 aromatic carbocycles. The maximum absolute atomic E-state index is 2.58. The number of benzene rings is 15. The zero-order chi connectivity index (χ0) is 67.5. The van der Waals surface area contributed by atoms with Crippen LogP contribution in [-0.2, 0) is 0 Å². The first-order valence-corrected chi connectivity index (χ1v) is 35.9. The van der Waals surface area contributed by atoms with E-state index >= 15 is 0 Å². The first-order chi connectivity index (χ1) is 51.0. The van der Waals surface area contributed by atoms with Crippen LogP contribution >= 0.6 is 0 Å². The summed E-state index contributed by atoms with van der Waals surface area (Å²) in [5.41, 5.74) is 29.2. The van der Waals surface area contributed by atoms with E-state index in [1.807, 2.05) is 0 Å². The van der Waals surface area contributed by atoms with Crippen LogP contribution in [0.1, 0.15) is 30.5 Å². The number of hydrogen-bond acceptors (Lipinski definition) is 0. The van der Waals surface area contributed by atoms with Crippen molar-refractivity contribution in [2.24, 2.45) is 0 Å². The second-order valence-electron chi connectivity index (χ2n) is 28.0. The molecule has 0 fully saturated rings. The van der Waals surface area contributed by atoms with Gasteiger partial charge in [0.25, 0.3) is 0 Å². The van der Waals surface area contributed by atoms with Crippen molar-refractivity contribution in [2.75, 3.05) is 0 Å². The van der Waals surface area contributed by atoms with E-state index in [1.54, 1.807) is 0 Å². The normalized spacial score (nSPS) is 13.3. The molecule has 0 spiro atoms. The van der Waals surface area contributed by atoms with Gasteiger partial charge in [0, 0.05) is 111 Å². The van der Waals surface area contributed by atoms with Gasteiger partial charge in [0.15, 0.2) is 0 Å². The van der Waals surface area contributed by atoms with Gasteiger partial charge in [0.1, 0.15) is 0 Å². The van der Waals surface area contributed by atoms with Gasteiger partial charge in [-0.05, 0) is 179 Å². The number of para-hydroxylation sites is 8. The van der Waals surface area contributed by atoms with E-state index in [0.29, 0.717) is 5.92 Å². The fourth-order valence-corrected chi connectivity index (χ4v) is 17.9. The van der Waals surface area contributed by atoms with Crippen molar-refractivity contribution in [3.63, 3.8) is 0 Å². The molecular weight excluding hydrogens is 1250 g/mol. The number of nitrogens with zero attached hydrogens (tertiary/aromatic N) is 6. The van der Waals surface area contributed by atoms with Crippen molar-refractivity contribution in [3.8, 4) is 67.5 Å². The number of allylic oxidation sites excluding steroid dienone is 1. The Bertz CT molecular complexity index is 7150. The highest BCUT2D eigenvalue weighted by molar-refractivity contribution is 6.27. The minimum Gasteiger partial charge on any atom is -0.311 e. The molecule has 103 heavy (non-hydrogen) atoms. The van der Waals surface area contributed by atoms with Gasteiger partial charge in [-0.15, -0.1) is 0 Å². The van der Waals surface area contributed by atoms with E-state index in [9.17, 15) is 0 Å². The highest BCUT2D eigenvalue weighted by atomic mass is 15.1. The molecule has 0 saturated heterocycles. The van der Waals surface area contributed by atoms with Crippen molar-refractivity contribution in [1.29, 1.82) is 0 Å². The zero-order valence-electron chi connectivity index (χ0n) is 56.5. The highest BCUT2D eigenvalue weighted by Crippen LogP contribution is 2.48. The Hall–Kier alpha value is -13.4. The molecule has 0 aliphatic heterocycles. The minimum atomic E-state index is 0.338. The smallest absolute Gasteiger partial charge is 0.0788 e. The number of hydrogen-bond donors (Lipinski definition) is 0. The van der Waals surface area contributed by atoms with E-state index in [2.05, 4.69) is 386 Å². The second kappa shape index (κ2) is 22.3. The Balaban J connectivity index is 0.771. The van der Waals surface area contributed by atoms with Crippen molar-refractivity contribution < 1.29 is 0 Å². The average Bonchev–Trinajstić information content (AvgIpc) is 1.56. The highest BCUT2D eigenvalue weighted by Gasteiger charge is 2.29. The third-order valence-electron chi connectivity index (χ3n) is 22.3. The molecule has 0 bridgehead atoms. The summed E-state index contributed by atoms with van der Waals surface area (Å²) in [6.07, 6.45) is 5.73. The molecule has 0 N–H and O–H groups in total. The molecule has 0 amide bonds.